The topological polar surface area (TPSA) is 55.1 Å². The van der Waals surface area contributed by atoms with Crippen molar-refractivity contribution in [2.24, 2.45) is 0 Å². The molecule has 0 radical (unpaired) electrons. The molecule has 21 heavy (non-hydrogen) atoms. The van der Waals surface area contributed by atoms with E-state index in [-0.39, 0.29) is 5.91 Å². The van der Waals surface area contributed by atoms with E-state index in [0.29, 0.717) is 10.6 Å². The summed E-state index contributed by atoms with van der Waals surface area (Å²) in [5.74, 6) is -0.152. The number of carbonyl (C=O) groups is 1. The minimum Gasteiger partial charge on any atom is -0.397 e. The van der Waals surface area contributed by atoms with E-state index in [2.05, 4.69) is 5.32 Å². The molecule has 0 bridgehead atoms. The summed E-state index contributed by atoms with van der Waals surface area (Å²) in [5.41, 5.74) is 9.70. The Morgan fingerprint density at radius 3 is 2.62 bits per heavy atom. The Morgan fingerprint density at radius 2 is 1.90 bits per heavy atom. The number of fused-ring (bicyclic) bond motifs is 1. The standard InChI is InChI=1S/C17H16N2OS/c1-10-7-8-13(11(2)9-10)19-17(20)16-15(18)12-5-3-4-6-14(12)21-16/h3-9H,18H2,1-2H3,(H,19,20). The van der Waals surface area contributed by atoms with Crippen molar-refractivity contribution in [1.82, 2.24) is 0 Å². The van der Waals surface area contributed by atoms with Crippen molar-refractivity contribution in [1.29, 1.82) is 0 Å². The van der Waals surface area contributed by atoms with Crippen LogP contribution in [0.4, 0.5) is 11.4 Å². The lowest BCUT2D eigenvalue weighted by molar-refractivity contribution is 0.103. The number of hydrogen-bond donors (Lipinski definition) is 2. The fourth-order valence-electron chi connectivity index (χ4n) is 2.37. The Kier molecular flexibility index (Phi) is 3.39. The summed E-state index contributed by atoms with van der Waals surface area (Å²) < 4.78 is 1.03. The van der Waals surface area contributed by atoms with Crippen LogP contribution in [0.2, 0.25) is 0 Å². The molecule has 0 aliphatic heterocycles. The van der Waals surface area contributed by atoms with Crippen LogP contribution < -0.4 is 11.1 Å². The van der Waals surface area contributed by atoms with Crippen molar-refractivity contribution < 1.29 is 4.79 Å². The van der Waals surface area contributed by atoms with Gasteiger partial charge in [0.1, 0.15) is 4.88 Å². The lowest BCUT2D eigenvalue weighted by Gasteiger charge is -2.08. The molecular weight excluding hydrogens is 280 g/mol. The van der Waals surface area contributed by atoms with Gasteiger partial charge in [0.2, 0.25) is 0 Å². The van der Waals surface area contributed by atoms with E-state index in [1.807, 2.05) is 56.3 Å². The quantitative estimate of drug-likeness (QED) is 0.738. The molecule has 2 aromatic carbocycles. The third kappa shape index (κ3) is 2.50. The van der Waals surface area contributed by atoms with Gasteiger partial charge in [-0.3, -0.25) is 4.79 Å². The molecule has 3 rings (SSSR count). The molecule has 1 heterocycles. The summed E-state index contributed by atoms with van der Waals surface area (Å²) in [7, 11) is 0. The second-order valence-corrected chi connectivity index (χ2v) is 6.17. The summed E-state index contributed by atoms with van der Waals surface area (Å²) >= 11 is 1.42. The lowest BCUT2D eigenvalue weighted by atomic mass is 10.1. The Hall–Kier alpha value is -2.33. The van der Waals surface area contributed by atoms with Gasteiger partial charge in [0, 0.05) is 15.8 Å². The maximum Gasteiger partial charge on any atom is 0.267 e. The van der Waals surface area contributed by atoms with E-state index in [0.717, 1.165) is 21.3 Å². The van der Waals surface area contributed by atoms with E-state index < -0.39 is 0 Å². The SMILES string of the molecule is Cc1ccc(NC(=O)c2sc3ccccc3c2N)c(C)c1. The Balaban J connectivity index is 1.95. The summed E-state index contributed by atoms with van der Waals surface area (Å²) in [6, 6.07) is 13.7. The van der Waals surface area contributed by atoms with E-state index >= 15 is 0 Å². The van der Waals surface area contributed by atoms with Crippen LogP contribution in [0.1, 0.15) is 20.8 Å². The number of rotatable bonds is 2. The highest BCUT2D eigenvalue weighted by Gasteiger charge is 2.16. The zero-order valence-corrected chi connectivity index (χ0v) is 12.8. The smallest absolute Gasteiger partial charge is 0.267 e. The third-order valence-electron chi connectivity index (χ3n) is 3.47. The lowest BCUT2D eigenvalue weighted by Crippen LogP contribution is -2.12. The summed E-state index contributed by atoms with van der Waals surface area (Å²) in [5, 5.41) is 3.89. The van der Waals surface area contributed by atoms with Gasteiger partial charge in [-0.1, -0.05) is 35.9 Å². The number of nitrogens with two attached hydrogens (primary N) is 1. The molecule has 0 aliphatic rings. The first kappa shape index (κ1) is 13.6. The maximum absolute atomic E-state index is 12.5. The largest absolute Gasteiger partial charge is 0.397 e. The number of aryl methyl sites for hydroxylation is 2. The zero-order chi connectivity index (χ0) is 15.0. The molecule has 106 valence electrons. The highest BCUT2D eigenvalue weighted by molar-refractivity contribution is 7.21. The predicted molar refractivity (Wildman–Crippen MR) is 90.1 cm³/mol. The van der Waals surface area contributed by atoms with Crippen LogP contribution in [-0.4, -0.2) is 5.91 Å². The molecule has 0 unspecified atom stereocenters. The second kappa shape index (κ2) is 5.22. The number of benzene rings is 2. The molecule has 0 saturated carbocycles. The van der Waals surface area contributed by atoms with Gasteiger partial charge in [0.25, 0.3) is 5.91 Å². The van der Waals surface area contributed by atoms with Crippen molar-refractivity contribution in [3.63, 3.8) is 0 Å². The fourth-order valence-corrected chi connectivity index (χ4v) is 3.39. The maximum atomic E-state index is 12.5. The fraction of sp³-hybridized carbons (Fsp3) is 0.118. The third-order valence-corrected chi connectivity index (χ3v) is 4.66. The summed E-state index contributed by atoms with van der Waals surface area (Å²) in [6.07, 6.45) is 0. The zero-order valence-electron chi connectivity index (χ0n) is 11.9. The second-order valence-electron chi connectivity index (χ2n) is 5.11. The molecular formula is C17H16N2OS. The van der Waals surface area contributed by atoms with Crippen LogP contribution in [0.25, 0.3) is 10.1 Å². The average molecular weight is 296 g/mol. The van der Waals surface area contributed by atoms with E-state index in [4.69, 9.17) is 5.73 Å². The molecule has 1 aromatic heterocycles. The number of anilines is 2. The Bertz CT molecular complexity index is 836. The predicted octanol–water partition coefficient (Wildman–Crippen LogP) is 4.35. The first-order valence-electron chi connectivity index (χ1n) is 6.72. The monoisotopic (exact) mass is 296 g/mol. The van der Waals surface area contributed by atoms with E-state index in [1.165, 1.54) is 16.9 Å². The number of amides is 1. The van der Waals surface area contributed by atoms with Gasteiger partial charge < -0.3 is 11.1 Å². The average Bonchev–Trinajstić information content (AvgIpc) is 2.80. The summed E-state index contributed by atoms with van der Waals surface area (Å²) in [6.45, 7) is 4.01. The van der Waals surface area contributed by atoms with E-state index in [1.54, 1.807) is 0 Å². The van der Waals surface area contributed by atoms with Gasteiger partial charge in [-0.2, -0.15) is 0 Å². The molecule has 0 fully saturated rings. The Morgan fingerprint density at radius 1 is 1.14 bits per heavy atom. The molecule has 3 aromatic rings. The molecule has 0 saturated heterocycles. The van der Waals surface area contributed by atoms with Crippen molar-refractivity contribution in [2.75, 3.05) is 11.1 Å². The van der Waals surface area contributed by atoms with Crippen molar-refractivity contribution in [2.45, 2.75) is 13.8 Å². The highest BCUT2D eigenvalue weighted by atomic mass is 32.1. The molecule has 3 N–H and O–H groups in total. The number of nitrogen functional groups attached to an aromatic ring is 1. The molecule has 4 heteroatoms. The van der Waals surface area contributed by atoms with Crippen LogP contribution in [0.15, 0.2) is 42.5 Å². The van der Waals surface area contributed by atoms with Crippen LogP contribution in [0.3, 0.4) is 0 Å². The Labute approximate surface area is 127 Å². The minimum atomic E-state index is -0.152. The first-order chi connectivity index (χ1) is 10.1. The molecule has 1 amide bonds. The van der Waals surface area contributed by atoms with Gasteiger partial charge >= 0.3 is 0 Å². The molecule has 3 nitrogen and oxygen atoms in total. The van der Waals surface area contributed by atoms with Gasteiger partial charge in [-0.25, -0.2) is 0 Å². The highest BCUT2D eigenvalue weighted by Crippen LogP contribution is 2.34. The van der Waals surface area contributed by atoms with Crippen molar-refractivity contribution in [3.8, 4) is 0 Å². The number of hydrogen-bond acceptors (Lipinski definition) is 3. The van der Waals surface area contributed by atoms with E-state index in [9.17, 15) is 4.79 Å². The summed E-state index contributed by atoms with van der Waals surface area (Å²) in [4.78, 5) is 13.0. The van der Waals surface area contributed by atoms with Crippen molar-refractivity contribution >= 4 is 38.7 Å². The van der Waals surface area contributed by atoms with Gasteiger partial charge in [0.15, 0.2) is 0 Å². The van der Waals surface area contributed by atoms with Crippen LogP contribution in [-0.2, 0) is 0 Å². The van der Waals surface area contributed by atoms with Crippen LogP contribution in [0, 0.1) is 13.8 Å². The number of nitrogens with one attached hydrogen (secondary N) is 1. The normalized spacial score (nSPS) is 10.8. The first-order valence-corrected chi connectivity index (χ1v) is 7.53. The van der Waals surface area contributed by atoms with Crippen LogP contribution >= 0.6 is 11.3 Å². The number of thiophene rings is 1. The van der Waals surface area contributed by atoms with Crippen molar-refractivity contribution in [3.05, 3.63) is 58.5 Å². The molecule has 0 aliphatic carbocycles. The van der Waals surface area contributed by atoms with Gasteiger partial charge in [-0.05, 0) is 31.5 Å². The minimum absolute atomic E-state index is 0.152. The van der Waals surface area contributed by atoms with Gasteiger partial charge in [0.05, 0.1) is 5.69 Å². The number of carbonyl (C=O) groups excluding carboxylic acids is 1. The molecule has 0 spiro atoms. The molecule has 0 atom stereocenters. The van der Waals surface area contributed by atoms with Gasteiger partial charge in [-0.15, -0.1) is 11.3 Å². The van der Waals surface area contributed by atoms with Crippen LogP contribution in [0.5, 0.6) is 0 Å².